The van der Waals surface area contributed by atoms with Crippen molar-refractivity contribution < 1.29 is 14.3 Å². The summed E-state index contributed by atoms with van der Waals surface area (Å²) in [5.74, 6) is 1.66. The van der Waals surface area contributed by atoms with E-state index in [9.17, 15) is 4.79 Å². The van der Waals surface area contributed by atoms with Gasteiger partial charge in [-0.2, -0.15) is 10.5 Å². The van der Waals surface area contributed by atoms with Crippen molar-refractivity contribution in [2.75, 3.05) is 10.6 Å². The number of anilines is 2. The zero-order valence-electron chi connectivity index (χ0n) is 18.5. The lowest BCUT2D eigenvalue weighted by atomic mass is 10.2. The molecule has 9 heteroatoms. The van der Waals surface area contributed by atoms with E-state index in [0.29, 0.717) is 55.5 Å². The van der Waals surface area contributed by atoms with Gasteiger partial charge in [0.15, 0.2) is 0 Å². The van der Waals surface area contributed by atoms with E-state index >= 15 is 0 Å². The van der Waals surface area contributed by atoms with Crippen LogP contribution >= 0.6 is 23.2 Å². The van der Waals surface area contributed by atoms with Gasteiger partial charge in [-0.05, 0) is 72.8 Å². The first kappa shape index (κ1) is 24.4. The van der Waals surface area contributed by atoms with Crippen molar-refractivity contribution in [3.05, 3.63) is 106 Å². The van der Waals surface area contributed by atoms with Gasteiger partial charge in [0.1, 0.15) is 23.0 Å². The molecule has 0 aliphatic carbocycles. The molecule has 0 bridgehead atoms. The number of urea groups is 1. The third-order valence-electron chi connectivity index (χ3n) is 4.80. The molecule has 0 fully saturated rings. The third-order valence-corrected chi connectivity index (χ3v) is 5.43. The summed E-state index contributed by atoms with van der Waals surface area (Å²) in [5.41, 5.74) is 1.91. The highest BCUT2D eigenvalue weighted by molar-refractivity contribution is 6.32. The van der Waals surface area contributed by atoms with Crippen LogP contribution in [0.2, 0.25) is 10.0 Å². The minimum Gasteiger partial charge on any atom is -0.456 e. The molecule has 176 valence electrons. The van der Waals surface area contributed by atoms with Crippen LogP contribution in [0.15, 0.2) is 84.9 Å². The molecular formula is C27H16Cl2N4O3. The SMILES string of the molecule is N#Cc1ccc(Oc2cc(NC(=O)Nc3ccc(Cl)c(Oc4ccc(C#N)cc4)c3)ccc2Cl)cc1. The average molecular weight is 515 g/mol. The van der Waals surface area contributed by atoms with Gasteiger partial charge in [-0.15, -0.1) is 0 Å². The Morgan fingerprint density at radius 2 is 1.03 bits per heavy atom. The summed E-state index contributed by atoms with van der Waals surface area (Å²) in [6, 6.07) is 26.3. The fourth-order valence-electron chi connectivity index (χ4n) is 3.06. The minimum absolute atomic E-state index is 0.337. The highest BCUT2D eigenvalue weighted by Gasteiger charge is 2.11. The third kappa shape index (κ3) is 6.25. The summed E-state index contributed by atoms with van der Waals surface area (Å²) < 4.78 is 11.6. The number of benzene rings is 4. The van der Waals surface area contributed by atoms with E-state index in [2.05, 4.69) is 10.6 Å². The van der Waals surface area contributed by atoms with Gasteiger partial charge in [-0.1, -0.05) is 23.2 Å². The predicted molar refractivity (Wildman–Crippen MR) is 138 cm³/mol. The maximum absolute atomic E-state index is 12.6. The molecule has 0 unspecified atom stereocenters. The number of hydrogen-bond donors (Lipinski definition) is 2. The fourth-order valence-corrected chi connectivity index (χ4v) is 3.37. The van der Waals surface area contributed by atoms with Crippen molar-refractivity contribution in [1.82, 2.24) is 0 Å². The van der Waals surface area contributed by atoms with Crippen LogP contribution in [0.3, 0.4) is 0 Å². The topological polar surface area (TPSA) is 107 Å². The lowest BCUT2D eigenvalue weighted by Crippen LogP contribution is -2.19. The van der Waals surface area contributed by atoms with Crippen molar-refractivity contribution in [2.24, 2.45) is 0 Å². The number of rotatable bonds is 6. The van der Waals surface area contributed by atoms with Crippen LogP contribution in [0.5, 0.6) is 23.0 Å². The quantitative estimate of drug-likeness (QED) is 0.271. The Labute approximate surface area is 217 Å². The fraction of sp³-hybridized carbons (Fsp3) is 0. The molecule has 0 aromatic heterocycles. The molecule has 0 heterocycles. The normalized spacial score (nSPS) is 10.0. The number of nitrogens with zero attached hydrogens (tertiary/aromatic N) is 2. The van der Waals surface area contributed by atoms with E-state index in [4.69, 9.17) is 43.2 Å². The Bertz CT molecular complexity index is 1380. The van der Waals surface area contributed by atoms with Gasteiger partial charge in [0.25, 0.3) is 0 Å². The number of amides is 2. The smallest absolute Gasteiger partial charge is 0.323 e. The first-order valence-corrected chi connectivity index (χ1v) is 11.2. The van der Waals surface area contributed by atoms with Crippen molar-refractivity contribution in [3.8, 4) is 35.1 Å². The molecular weight excluding hydrogens is 499 g/mol. The van der Waals surface area contributed by atoms with Crippen LogP contribution < -0.4 is 20.1 Å². The molecule has 2 N–H and O–H groups in total. The molecule has 0 aliphatic rings. The zero-order valence-corrected chi connectivity index (χ0v) is 20.0. The molecule has 4 aromatic carbocycles. The molecule has 0 saturated heterocycles. The molecule has 2 amide bonds. The molecule has 0 aliphatic heterocycles. The monoisotopic (exact) mass is 514 g/mol. The van der Waals surface area contributed by atoms with Crippen LogP contribution in [0.25, 0.3) is 0 Å². The van der Waals surface area contributed by atoms with Gasteiger partial charge < -0.3 is 20.1 Å². The maximum atomic E-state index is 12.6. The van der Waals surface area contributed by atoms with Gasteiger partial charge >= 0.3 is 6.03 Å². The molecule has 0 radical (unpaired) electrons. The Hall–Kier alpha value is -4.69. The predicted octanol–water partition coefficient (Wildman–Crippen LogP) is 7.97. The number of carbonyl (C=O) groups is 1. The average Bonchev–Trinajstić information content (AvgIpc) is 2.89. The second-order valence-corrected chi connectivity index (χ2v) is 8.16. The summed E-state index contributed by atoms with van der Waals surface area (Å²) in [7, 11) is 0. The molecule has 4 aromatic rings. The number of carbonyl (C=O) groups excluding carboxylic acids is 1. The van der Waals surface area contributed by atoms with Gasteiger partial charge in [0.05, 0.1) is 33.3 Å². The molecule has 0 spiro atoms. The molecule has 7 nitrogen and oxygen atoms in total. The lowest BCUT2D eigenvalue weighted by molar-refractivity contribution is 0.262. The highest BCUT2D eigenvalue weighted by Crippen LogP contribution is 2.34. The first-order chi connectivity index (χ1) is 17.4. The summed E-state index contributed by atoms with van der Waals surface area (Å²) in [4.78, 5) is 12.6. The Morgan fingerprint density at radius 1 is 0.639 bits per heavy atom. The van der Waals surface area contributed by atoms with Crippen LogP contribution in [-0.2, 0) is 0 Å². The van der Waals surface area contributed by atoms with Crippen LogP contribution in [0, 0.1) is 22.7 Å². The van der Waals surface area contributed by atoms with Crippen LogP contribution in [0.1, 0.15) is 11.1 Å². The first-order valence-electron chi connectivity index (χ1n) is 10.5. The van der Waals surface area contributed by atoms with E-state index in [1.807, 2.05) is 12.1 Å². The number of halogens is 2. The van der Waals surface area contributed by atoms with E-state index in [0.717, 1.165) is 0 Å². The second kappa shape index (κ2) is 11.2. The van der Waals surface area contributed by atoms with Crippen molar-refractivity contribution in [2.45, 2.75) is 0 Å². The van der Waals surface area contributed by atoms with Crippen LogP contribution in [-0.4, -0.2) is 6.03 Å². The van der Waals surface area contributed by atoms with Gasteiger partial charge in [-0.3, -0.25) is 0 Å². The number of nitriles is 2. The largest absolute Gasteiger partial charge is 0.456 e. The summed E-state index contributed by atoms with van der Waals surface area (Å²) in [6.45, 7) is 0. The van der Waals surface area contributed by atoms with E-state index < -0.39 is 6.03 Å². The van der Waals surface area contributed by atoms with Crippen LogP contribution in [0.4, 0.5) is 16.2 Å². The Kier molecular flexibility index (Phi) is 7.57. The van der Waals surface area contributed by atoms with E-state index in [1.165, 1.54) is 0 Å². The van der Waals surface area contributed by atoms with Crippen molar-refractivity contribution >= 4 is 40.6 Å². The zero-order chi connectivity index (χ0) is 25.5. The number of nitrogens with one attached hydrogen (secondary N) is 2. The highest BCUT2D eigenvalue weighted by atomic mass is 35.5. The maximum Gasteiger partial charge on any atom is 0.323 e. The lowest BCUT2D eigenvalue weighted by Gasteiger charge is -2.13. The summed E-state index contributed by atoms with van der Waals surface area (Å²) in [6.07, 6.45) is 0. The Balaban J connectivity index is 1.43. The summed E-state index contributed by atoms with van der Waals surface area (Å²) >= 11 is 12.5. The van der Waals surface area contributed by atoms with Crippen molar-refractivity contribution in [3.63, 3.8) is 0 Å². The van der Waals surface area contributed by atoms with E-state index in [-0.39, 0.29) is 0 Å². The summed E-state index contributed by atoms with van der Waals surface area (Å²) in [5, 5.41) is 24.0. The number of ether oxygens (including phenoxy) is 2. The number of hydrogen-bond acceptors (Lipinski definition) is 5. The van der Waals surface area contributed by atoms with E-state index in [1.54, 1.807) is 84.9 Å². The van der Waals surface area contributed by atoms with Crippen molar-refractivity contribution in [1.29, 1.82) is 10.5 Å². The molecule has 0 saturated carbocycles. The van der Waals surface area contributed by atoms with Gasteiger partial charge in [-0.25, -0.2) is 4.79 Å². The molecule has 4 rings (SSSR count). The second-order valence-electron chi connectivity index (χ2n) is 7.35. The molecule has 0 atom stereocenters. The van der Waals surface area contributed by atoms with Gasteiger partial charge in [0.2, 0.25) is 0 Å². The standard InChI is InChI=1S/C27H16Cl2N4O3/c28-23-11-5-19(13-25(23)35-21-7-1-17(15-30)2-8-21)32-27(34)33-20-6-12-24(29)26(14-20)36-22-9-3-18(16-31)4-10-22/h1-14H,(H2,32,33,34). The van der Waals surface area contributed by atoms with Gasteiger partial charge in [0, 0.05) is 23.5 Å². The minimum atomic E-state index is -0.506. The Morgan fingerprint density at radius 3 is 1.39 bits per heavy atom. The molecule has 36 heavy (non-hydrogen) atoms.